The van der Waals surface area contributed by atoms with Gasteiger partial charge in [-0.25, -0.2) is 0 Å². The van der Waals surface area contributed by atoms with Crippen LogP contribution in [0.15, 0.2) is 48.5 Å². The smallest absolute Gasteiger partial charge is 0.244 e. The molecule has 11 heteroatoms. The molecule has 11 nitrogen and oxygen atoms in total. The number of ketones is 3. The summed E-state index contributed by atoms with van der Waals surface area (Å²) < 4.78 is 0. The minimum absolute atomic E-state index is 0.471. The highest BCUT2D eigenvalue weighted by Gasteiger charge is 2.55. The van der Waals surface area contributed by atoms with Crippen LogP contribution >= 0.6 is 0 Å². The van der Waals surface area contributed by atoms with E-state index in [0.717, 1.165) is 0 Å². The number of hydrogen-bond donors (Lipinski definition) is 8. The van der Waals surface area contributed by atoms with Crippen LogP contribution in [0.2, 0.25) is 0 Å². The van der Waals surface area contributed by atoms with Crippen LogP contribution in [-0.2, 0) is 9.59 Å². The molecule has 0 bridgehead atoms. The van der Waals surface area contributed by atoms with Gasteiger partial charge in [0.05, 0.1) is 6.61 Å². The first-order chi connectivity index (χ1) is 15.4. The standard InChI is InChI=1S/C22H22O11/c23-10-16(27)18(29)21(32)22(33,19(30)12-8-14(25)17(28)15(26)9-12)20(31)13(24)7-6-11-4-2-1-3-5-11/h1-9,16,18,21,23,25-29,32-33H,10H2/t16-,18-,21+,22+/m1/s1. The molecule has 0 aliphatic carbocycles. The maximum absolute atomic E-state index is 13.0. The summed E-state index contributed by atoms with van der Waals surface area (Å²) in [6, 6.07) is 9.16. The third kappa shape index (κ3) is 5.25. The van der Waals surface area contributed by atoms with E-state index in [2.05, 4.69) is 0 Å². The van der Waals surface area contributed by atoms with Crippen molar-refractivity contribution in [1.82, 2.24) is 0 Å². The number of carbonyl (C=O) groups is 3. The molecule has 0 amide bonds. The highest BCUT2D eigenvalue weighted by molar-refractivity contribution is 6.49. The molecule has 0 heterocycles. The lowest BCUT2D eigenvalue weighted by molar-refractivity contribution is -0.165. The summed E-state index contributed by atoms with van der Waals surface area (Å²) in [6.45, 7) is -1.14. The predicted octanol–water partition coefficient (Wildman–Crippen LogP) is -1.36. The fourth-order valence-electron chi connectivity index (χ4n) is 2.89. The van der Waals surface area contributed by atoms with Gasteiger partial charge < -0.3 is 40.9 Å². The van der Waals surface area contributed by atoms with Crippen LogP contribution in [0, 0.1) is 0 Å². The molecule has 0 aliphatic heterocycles. The molecule has 8 N–H and O–H groups in total. The van der Waals surface area contributed by atoms with E-state index in [4.69, 9.17) is 5.11 Å². The highest BCUT2D eigenvalue weighted by atomic mass is 16.4. The van der Waals surface area contributed by atoms with Crippen LogP contribution in [0.5, 0.6) is 17.2 Å². The molecule has 0 spiro atoms. The zero-order valence-electron chi connectivity index (χ0n) is 16.9. The molecule has 4 atom stereocenters. The number of rotatable bonds is 10. The minimum Gasteiger partial charge on any atom is -0.504 e. The van der Waals surface area contributed by atoms with Gasteiger partial charge in [0.2, 0.25) is 23.0 Å². The van der Waals surface area contributed by atoms with E-state index in [1.165, 1.54) is 6.08 Å². The molecule has 176 valence electrons. The third-order valence-electron chi connectivity index (χ3n) is 4.81. The van der Waals surface area contributed by atoms with Gasteiger partial charge in [0.15, 0.2) is 17.2 Å². The minimum atomic E-state index is -3.72. The molecule has 0 saturated carbocycles. The first-order valence-corrected chi connectivity index (χ1v) is 9.44. The van der Waals surface area contributed by atoms with E-state index < -0.39 is 70.7 Å². The molecule has 0 radical (unpaired) electrons. The van der Waals surface area contributed by atoms with Crippen molar-refractivity contribution < 1.29 is 55.2 Å². The van der Waals surface area contributed by atoms with Crippen molar-refractivity contribution in [2.24, 2.45) is 0 Å². The lowest BCUT2D eigenvalue weighted by Crippen LogP contribution is -2.63. The summed E-state index contributed by atoms with van der Waals surface area (Å²) in [6.07, 6.45) is -5.55. The van der Waals surface area contributed by atoms with Crippen LogP contribution in [-0.4, -0.2) is 88.7 Å². The molecular weight excluding hydrogens is 440 g/mol. The number of hydrogen-bond acceptors (Lipinski definition) is 11. The Morgan fingerprint density at radius 3 is 2.00 bits per heavy atom. The average molecular weight is 462 g/mol. The van der Waals surface area contributed by atoms with E-state index in [1.807, 2.05) is 0 Å². The van der Waals surface area contributed by atoms with Crippen LogP contribution < -0.4 is 0 Å². The number of benzene rings is 2. The number of aliphatic hydroxyl groups excluding tert-OH is 4. The van der Waals surface area contributed by atoms with Crippen LogP contribution in [0.3, 0.4) is 0 Å². The second-order valence-corrected chi connectivity index (χ2v) is 7.08. The number of phenolic OH excluding ortho intramolecular Hbond substituents is 3. The summed E-state index contributed by atoms with van der Waals surface area (Å²) in [4.78, 5) is 38.3. The molecule has 2 rings (SSSR count). The first kappa shape index (κ1) is 25.6. The molecule has 0 unspecified atom stereocenters. The Morgan fingerprint density at radius 1 is 0.939 bits per heavy atom. The van der Waals surface area contributed by atoms with Crippen molar-refractivity contribution in [3.8, 4) is 17.2 Å². The van der Waals surface area contributed by atoms with Gasteiger partial charge in [-0.05, 0) is 23.8 Å². The van der Waals surface area contributed by atoms with E-state index in [9.17, 15) is 50.1 Å². The zero-order chi connectivity index (χ0) is 24.9. The van der Waals surface area contributed by atoms with Crippen LogP contribution in [0.4, 0.5) is 0 Å². The molecule has 0 aliphatic rings. The molecule has 33 heavy (non-hydrogen) atoms. The molecule has 0 fully saturated rings. The number of phenols is 3. The molecule has 0 aromatic heterocycles. The third-order valence-corrected chi connectivity index (χ3v) is 4.81. The highest BCUT2D eigenvalue weighted by Crippen LogP contribution is 2.37. The van der Waals surface area contributed by atoms with Gasteiger partial charge in [-0.3, -0.25) is 14.4 Å². The van der Waals surface area contributed by atoms with E-state index in [1.54, 1.807) is 30.3 Å². The Balaban J connectivity index is 2.54. The van der Waals surface area contributed by atoms with Gasteiger partial charge in [-0.1, -0.05) is 36.4 Å². The summed E-state index contributed by atoms with van der Waals surface area (Å²) in [7, 11) is 0. The van der Waals surface area contributed by atoms with E-state index in [-0.39, 0.29) is 0 Å². The van der Waals surface area contributed by atoms with Gasteiger partial charge >= 0.3 is 0 Å². The molecule has 2 aromatic rings. The monoisotopic (exact) mass is 462 g/mol. The van der Waals surface area contributed by atoms with Gasteiger partial charge in [0.25, 0.3) is 0 Å². The van der Waals surface area contributed by atoms with Gasteiger partial charge in [0.1, 0.15) is 18.3 Å². The van der Waals surface area contributed by atoms with Crippen LogP contribution in [0.25, 0.3) is 6.08 Å². The number of aromatic hydroxyl groups is 3. The quantitative estimate of drug-likeness (QED) is 0.0679. The Labute approximate surface area is 186 Å². The van der Waals surface area contributed by atoms with Gasteiger partial charge in [-0.2, -0.15) is 0 Å². The number of allylic oxidation sites excluding steroid dienone is 1. The fourth-order valence-corrected chi connectivity index (χ4v) is 2.89. The van der Waals surface area contributed by atoms with E-state index >= 15 is 0 Å². The Bertz CT molecular complexity index is 1040. The summed E-state index contributed by atoms with van der Waals surface area (Å²) in [5.74, 6) is -8.24. The Kier molecular flexibility index (Phi) is 8.03. The average Bonchev–Trinajstić information content (AvgIpc) is 2.83. The van der Waals surface area contributed by atoms with Gasteiger partial charge in [-0.15, -0.1) is 0 Å². The topological polar surface area (TPSA) is 213 Å². The largest absolute Gasteiger partial charge is 0.504 e. The lowest BCUT2D eigenvalue weighted by atomic mass is 9.79. The Morgan fingerprint density at radius 2 is 1.48 bits per heavy atom. The van der Waals surface area contributed by atoms with Crippen molar-refractivity contribution in [2.75, 3.05) is 6.61 Å². The van der Waals surface area contributed by atoms with Gasteiger partial charge in [0, 0.05) is 5.56 Å². The van der Waals surface area contributed by atoms with Crippen molar-refractivity contribution in [1.29, 1.82) is 0 Å². The van der Waals surface area contributed by atoms with Crippen molar-refractivity contribution >= 4 is 23.4 Å². The first-order valence-electron chi connectivity index (χ1n) is 9.44. The number of carbonyl (C=O) groups excluding carboxylic acids is 3. The van der Waals surface area contributed by atoms with Crippen LogP contribution in [0.1, 0.15) is 15.9 Å². The molecule has 2 aromatic carbocycles. The number of aliphatic hydroxyl groups is 5. The summed E-state index contributed by atoms with van der Waals surface area (Å²) in [5, 5.41) is 78.6. The maximum atomic E-state index is 13.0. The second kappa shape index (κ2) is 10.3. The number of Topliss-reactive ketones (excluding diaryl/α,β-unsaturated/α-hetero) is 2. The Hall–Kier alpha value is -3.61. The maximum Gasteiger partial charge on any atom is 0.244 e. The normalized spacial score (nSPS) is 16.0. The fraction of sp³-hybridized carbons (Fsp3) is 0.227. The van der Waals surface area contributed by atoms with Crippen molar-refractivity contribution in [3.05, 3.63) is 59.7 Å². The van der Waals surface area contributed by atoms with Crippen molar-refractivity contribution in [3.63, 3.8) is 0 Å². The second-order valence-electron chi connectivity index (χ2n) is 7.08. The lowest BCUT2D eigenvalue weighted by Gasteiger charge is -2.33. The summed E-state index contributed by atoms with van der Waals surface area (Å²) >= 11 is 0. The van der Waals surface area contributed by atoms with E-state index in [0.29, 0.717) is 23.8 Å². The summed E-state index contributed by atoms with van der Waals surface area (Å²) in [5.41, 5.74) is -4.08. The zero-order valence-corrected chi connectivity index (χ0v) is 16.9. The predicted molar refractivity (Wildman–Crippen MR) is 111 cm³/mol. The van der Waals surface area contributed by atoms with Crippen molar-refractivity contribution in [2.45, 2.75) is 23.9 Å². The SMILES string of the molecule is O=C(C=Cc1ccccc1)C(=O)[C@@](O)(C(=O)c1cc(O)c(O)c(O)c1)[C@@H](O)[C@H](O)[C@H](O)CO. The molecular formula is C22H22O11. The molecule has 0 saturated heterocycles.